The molecule has 5 rings (SSSR count). The zero-order valence-corrected chi connectivity index (χ0v) is 15.8. The fourth-order valence-corrected chi connectivity index (χ4v) is 4.24. The second-order valence-electron chi connectivity index (χ2n) is 7.20. The van der Waals surface area contributed by atoms with Crippen LogP contribution in [0.2, 0.25) is 0 Å². The molecule has 0 atom stereocenters. The summed E-state index contributed by atoms with van der Waals surface area (Å²) in [6, 6.07) is 4.96. The van der Waals surface area contributed by atoms with Crippen molar-refractivity contribution in [3.63, 3.8) is 0 Å². The SMILES string of the molecule is Cc1c(Br)ccc2c3oc(N4CCCCC4)nc3c(=O)n(C3CC3)c12. The van der Waals surface area contributed by atoms with Gasteiger partial charge in [0.05, 0.1) is 5.52 Å². The number of anilines is 1. The first kappa shape index (κ1) is 15.4. The average Bonchev–Trinajstić information content (AvgIpc) is 3.36. The first-order valence-corrected chi connectivity index (χ1v) is 9.83. The lowest BCUT2D eigenvalue weighted by molar-refractivity contribution is 0.510. The molecule has 2 fully saturated rings. The molecule has 3 aromatic rings. The van der Waals surface area contributed by atoms with Crippen LogP contribution in [-0.4, -0.2) is 22.6 Å². The third-order valence-electron chi connectivity index (χ3n) is 5.43. The van der Waals surface area contributed by atoms with Crippen molar-refractivity contribution in [2.75, 3.05) is 18.0 Å². The molecule has 6 heteroatoms. The summed E-state index contributed by atoms with van der Waals surface area (Å²) < 4.78 is 9.10. The van der Waals surface area contributed by atoms with Crippen LogP contribution in [0.1, 0.15) is 43.7 Å². The van der Waals surface area contributed by atoms with Crippen LogP contribution in [0.3, 0.4) is 0 Å². The number of oxazole rings is 1. The van der Waals surface area contributed by atoms with E-state index in [1.54, 1.807) is 0 Å². The minimum Gasteiger partial charge on any atom is -0.422 e. The molecule has 25 heavy (non-hydrogen) atoms. The molecule has 1 aliphatic carbocycles. The van der Waals surface area contributed by atoms with Crippen LogP contribution in [-0.2, 0) is 0 Å². The second kappa shape index (κ2) is 5.59. The highest BCUT2D eigenvalue weighted by Crippen LogP contribution is 2.40. The van der Waals surface area contributed by atoms with E-state index in [1.165, 1.54) is 6.42 Å². The number of aromatic nitrogens is 2. The maximum absolute atomic E-state index is 13.2. The molecule has 1 saturated carbocycles. The van der Waals surface area contributed by atoms with Crippen LogP contribution in [0.5, 0.6) is 0 Å². The predicted molar refractivity (Wildman–Crippen MR) is 103 cm³/mol. The quantitative estimate of drug-likeness (QED) is 0.632. The standard InChI is InChI=1S/C19H20BrN3O2/c1-11-14(20)8-7-13-16(11)23(12-5-6-12)18(24)15-17(13)25-19(21-15)22-9-3-2-4-10-22/h7-8,12H,2-6,9-10H2,1H3. The first-order chi connectivity index (χ1) is 12.1. The molecule has 0 bridgehead atoms. The van der Waals surface area contributed by atoms with Crippen LogP contribution < -0.4 is 10.5 Å². The van der Waals surface area contributed by atoms with Gasteiger partial charge in [-0.15, -0.1) is 0 Å². The lowest BCUT2D eigenvalue weighted by Crippen LogP contribution is -2.29. The van der Waals surface area contributed by atoms with Crippen molar-refractivity contribution in [1.82, 2.24) is 9.55 Å². The van der Waals surface area contributed by atoms with Gasteiger partial charge >= 0.3 is 0 Å². The van der Waals surface area contributed by atoms with Crippen LogP contribution in [0, 0.1) is 6.92 Å². The van der Waals surface area contributed by atoms with Gasteiger partial charge in [-0.2, -0.15) is 4.98 Å². The van der Waals surface area contributed by atoms with Gasteiger partial charge in [-0.05, 0) is 56.7 Å². The smallest absolute Gasteiger partial charge is 0.298 e. The molecule has 3 heterocycles. The Morgan fingerprint density at radius 3 is 2.68 bits per heavy atom. The van der Waals surface area contributed by atoms with E-state index in [4.69, 9.17) is 4.42 Å². The Labute approximate surface area is 153 Å². The number of hydrogen-bond acceptors (Lipinski definition) is 4. The van der Waals surface area contributed by atoms with Crippen molar-refractivity contribution >= 4 is 43.9 Å². The Hall–Kier alpha value is -1.82. The normalized spacial score (nSPS) is 18.4. The molecule has 0 spiro atoms. The summed E-state index contributed by atoms with van der Waals surface area (Å²) in [7, 11) is 0. The van der Waals surface area contributed by atoms with Gasteiger partial charge in [0.15, 0.2) is 11.1 Å². The van der Waals surface area contributed by atoms with E-state index < -0.39 is 0 Å². The molecular formula is C19H20BrN3O2. The maximum Gasteiger partial charge on any atom is 0.298 e. The van der Waals surface area contributed by atoms with Crippen LogP contribution in [0.4, 0.5) is 6.01 Å². The number of aryl methyl sites for hydroxylation is 1. The second-order valence-corrected chi connectivity index (χ2v) is 8.05. The topological polar surface area (TPSA) is 51.3 Å². The average molecular weight is 402 g/mol. The van der Waals surface area contributed by atoms with Gasteiger partial charge in [0, 0.05) is 29.0 Å². The largest absolute Gasteiger partial charge is 0.422 e. The van der Waals surface area contributed by atoms with Gasteiger partial charge < -0.3 is 13.9 Å². The summed E-state index contributed by atoms with van der Waals surface area (Å²) in [5, 5.41) is 0.984. The number of rotatable bonds is 2. The Kier molecular flexibility index (Phi) is 3.45. The summed E-state index contributed by atoms with van der Waals surface area (Å²) in [5.74, 6) is 0. The Bertz CT molecular complexity index is 1040. The number of fused-ring (bicyclic) bond motifs is 3. The van der Waals surface area contributed by atoms with Crippen molar-refractivity contribution in [3.05, 3.63) is 32.5 Å². The van der Waals surface area contributed by atoms with Crippen molar-refractivity contribution in [2.45, 2.75) is 45.1 Å². The first-order valence-electron chi connectivity index (χ1n) is 9.04. The van der Waals surface area contributed by atoms with E-state index in [1.807, 2.05) is 16.7 Å². The van der Waals surface area contributed by atoms with E-state index in [-0.39, 0.29) is 5.56 Å². The molecular weight excluding hydrogens is 382 g/mol. The van der Waals surface area contributed by atoms with E-state index in [0.29, 0.717) is 23.2 Å². The molecule has 1 aromatic carbocycles. The molecule has 5 nitrogen and oxygen atoms in total. The van der Waals surface area contributed by atoms with E-state index >= 15 is 0 Å². The van der Waals surface area contributed by atoms with Crippen molar-refractivity contribution in [2.24, 2.45) is 0 Å². The summed E-state index contributed by atoms with van der Waals surface area (Å²) in [5.41, 5.74) is 3.16. The van der Waals surface area contributed by atoms with Gasteiger partial charge in [0.1, 0.15) is 0 Å². The van der Waals surface area contributed by atoms with Crippen LogP contribution >= 0.6 is 15.9 Å². The zero-order valence-electron chi connectivity index (χ0n) is 14.2. The third kappa shape index (κ3) is 2.34. The molecule has 2 aromatic heterocycles. The summed E-state index contributed by atoms with van der Waals surface area (Å²) in [6.07, 6.45) is 5.67. The van der Waals surface area contributed by atoms with Gasteiger partial charge in [0.25, 0.3) is 11.6 Å². The van der Waals surface area contributed by atoms with Crippen molar-refractivity contribution in [1.29, 1.82) is 0 Å². The van der Waals surface area contributed by atoms with Gasteiger partial charge in [-0.3, -0.25) is 4.79 Å². The highest BCUT2D eigenvalue weighted by atomic mass is 79.9. The molecule has 130 valence electrons. The molecule has 0 N–H and O–H groups in total. The highest BCUT2D eigenvalue weighted by Gasteiger charge is 2.30. The number of benzene rings is 1. The van der Waals surface area contributed by atoms with E-state index in [0.717, 1.165) is 59.7 Å². The highest BCUT2D eigenvalue weighted by molar-refractivity contribution is 9.10. The Morgan fingerprint density at radius 1 is 1.20 bits per heavy atom. The predicted octanol–water partition coefficient (Wildman–Crippen LogP) is 4.54. The van der Waals surface area contributed by atoms with Crippen LogP contribution in [0.25, 0.3) is 22.0 Å². The van der Waals surface area contributed by atoms with Gasteiger partial charge in [-0.25, -0.2) is 0 Å². The van der Waals surface area contributed by atoms with E-state index in [2.05, 4.69) is 32.7 Å². The van der Waals surface area contributed by atoms with E-state index in [9.17, 15) is 4.79 Å². The fourth-order valence-electron chi connectivity index (χ4n) is 3.92. The molecule has 0 amide bonds. The number of halogens is 1. The monoisotopic (exact) mass is 401 g/mol. The molecule has 1 saturated heterocycles. The van der Waals surface area contributed by atoms with Gasteiger partial charge in [0.2, 0.25) is 0 Å². The summed E-state index contributed by atoms with van der Waals surface area (Å²) in [4.78, 5) is 20.0. The molecule has 2 aliphatic rings. The number of piperidine rings is 1. The minimum absolute atomic E-state index is 0.0155. The molecule has 0 unspecified atom stereocenters. The maximum atomic E-state index is 13.2. The zero-order chi connectivity index (χ0) is 17.1. The van der Waals surface area contributed by atoms with Crippen molar-refractivity contribution in [3.8, 4) is 0 Å². The molecule has 1 aliphatic heterocycles. The Morgan fingerprint density at radius 2 is 1.96 bits per heavy atom. The number of hydrogen-bond donors (Lipinski definition) is 0. The number of pyridine rings is 1. The molecule has 0 radical (unpaired) electrons. The summed E-state index contributed by atoms with van der Waals surface area (Å²) >= 11 is 3.61. The number of nitrogens with zero attached hydrogens (tertiary/aromatic N) is 3. The lowest BCUT2D eigenvalue weighted by Gasteiger charge is -2.24. The third-order valence-corrected chi connectivity index (χ3v) is 6.29. The minimum atomic E-state index is -0.0155. The fraction of sp³-hybridized carbons (Fsp3) is 0.474. The van der Waals surface area contributed by atoms with Crippen molar-refractivity contribution < 1.29 is 4.42 Å². The van der Waals surface area contributed by atoms with Crippen LogP contribution in [0.15, 0.2) is 25.8 Å². The van der Waals surface area contributed by atoms with Gasteiger partial charge in [-0.1, -0.05) is 15.9 Å². The summed E-state index contributed by atoms with van der Waals surface area (Å²) in [6.45, 7) is 3.96. The lowest BCUT2D eigenvalue weighted by atomic mass is 10.1. The Balaban J connectivity index is 1.83.